The van der Waals surface area contributed by atoms with Crippen molar-refractivity contribution < 1.29 is 13.2 Å². The molecule has 2 unspecified atom stereocenters. The van der Waals surface area contributed by atoms with Gasteiger partial charge in [-0.05, 0) is 30.4 Å². The van der Waals surface area contributed by atoms with Gasteiger partial charge in [-0.3, -0.25) is 4.79 Å². The van der Waals surface area contributed by atoms with Crippen LogP contribution >= 0.6 is 0 Å². The first-order valence-electron chi connectivity index (χ1n) is 8.41. The second-order valence-corrected chi connectivity index (χ2v) is 8.13. The first kappa shape index (κ1) is 18.7. The SMILES string of the molecule is C=CCNC(=O)CC1CCN(S(=O)(=O)c2ccccc2)CC1CC. The molecular weight excluding hydrogens is 324 g/mol. The van der Waals surface area contributed by atoms with E-state index in [0.29, 0.717) is 37.4 Å². The Morgan fingerprint density at radius 1 is 1.33 bits per heavy atom. The number of nitrogens with one attached hydrogen (secondary N) is 1. The number of benzene rings is 1. The number of piperidine rings is 1. The van der Waals surface area contributed by atoms with Gasteiger partial charge in [-0.2, -0.15) is 4.31 Å². The highest BCUT2D eigenvalue weighted by atomic mass is 32.2. The van der Waals surface area contributed by atoms with Gasteiger partial charge in [0.05, 0.1) is 4.90 Å². The monoisotopic (exact) mass is 350 g/mol. The zero-order valence-corrected chi connectivity index (χ0v) is 15.0. The summed E-state index contributed by atoms with van der Waals surface area (Å²) < 4.78 is 27.1. The topological polar surface area (TPSA) is 66.5 Å². The van der Waals surface area contributed by atoms with E-state index < -0.39 is 10.0 Å². The third-order valence-electron chi connectivity index (χ3n) is 4.65. The van der Waals surface area contributed by atoms with Gasteiger partial charge in [0.25, 0.3) is 0 Å². The maximum absolute atomic E-state index is 12.8. The molecule has 1 heterocycles. The fourth-order valence-electron chi connectivity index (χ4n) is 3.23. The minimum Gasteiger partial charge on any atom is -0.353 e. The molecule has 0 spiro atoms. The van der Waals surface area contributed by atoms with Gasteiger partial charge in [0.15, 0.2) is 0 Å². The maximum atomic E-state index is 12.8. The lowest BCUT2D eigenvalue weighted by molar-refractivity contribution is -0.122. The summed E-state index contributed by atoms with van der Waals surface area (Å²) >= 11 is 0. The lowest BCUT2D eigenvalue weighted by Gasteiger charge is -2.37. The fraction of sp³-hybridized carbons (Fsp3) is 0.500. The quantitative estimate of drug-likeness (QED) is 0.768. The van der Waals surface area contributed by atoms with Gasteiger partial charge < -0.3 is 5.32 Å². The van der Waals surface area contributed by atoms with E-state index in [9.17, 15) is 13.2 Å². The van der Waals surface area contributed by atoms with Crippen LogP contribution in [0, 0.1) is 11.8 Å². The molecule has 1 amide bonds. The highest BCUT2D eigenvalue weighted by molar-refractivity contribution is 7.89. The Kier molecular flexibility index (Phi) is 6.57. The van der Waals surface area contributed by atoms with Crippen LogP contribution in [0.2, 0.25) is 0 Å². The number of carbonyl (C=O) groups is 1. The van der Waals surface area contributed by atoms with Crippen LogP contribution in [-0.4, -0.2) is 38.3 Å². The Morgan fingerprint density at radius 2 is 2.04 bits per heavy atom. The number of nitrogens with zero attached hydrogens (tertiary/aromatic N) is 1. The summed E-state index contributed by atoms with van der Waals surface area (Å²) in [5, 5.41) is 2.80. The van der Waals surface area contributed by atoms with Crippen LogP contribution in [0.1, 0.15) is 26.2 Å². The number of amides is 1. The molecule has 132 valence electrons. The molecule has 1 aromatic carbocycles. The zero-order valence-electron chi connectivity index (χ0n) is 14.1. The molecular formula is C18H26N2O3S. The second kappa shape index (κ2) is 8.44. The summed E-state index contributed by atoms with van der Waals surface area (Å²) in [6.07, 6.45) is 3.68. The number of rotatable bonds is 7. The fourth-order valence-corrected chi connectivity index (χ4v) is 4.77. The van der Waals surface area contributed by atoms with Gasteiger partial charge in [-0.1, -0.05) is 37.6 Å². The molecule has 6 heteroatoms. The van der Waals surface area contributed by atoms with Gasteiger partial charge in [0, 0.05) is 26.1 Å². The van der Waals surface area contributed by atoms with Crippen LogP contribution in [0.4, 0.5) is 0 Å². The van der Waals surface area contributed by atoms with Crippen molar-refractivity contribution in [1.82, 2.24) is 9.62 Å². The van der Waals surface area contributed by atoms with Crippen molar-refractivity contribution in [2.24, 2.45) is 11.8 Å². The average Bonchev–Trinajstić information content (AvgIpc) is 2.60. The summed E-state index contributed by atoms with van der Waals surface area (Å²) in [4.78, 5) is 12.3. The summed E-state index contributed by atoms with van der Waals surface area (Å²) in [5.41, 5.74) is 0. The normalized spacial score (nSPS) is 22.0. The number of hydrogen-bond acceptors (Lipinski definition) is 3. The van der Waals surface area contributed by atoms with Crippen LogP contribution in [0.5, 0.6) is 0 Å². The molecule has 1 fully saturated rings. The number of carbonyl (C=O) groups excluding carboxylic acids is 1. The molecule has 2 atom stereocenters. The number of hydrogen-bond donors (Lipinski definition) is 1. The van der Waals surface area contributed by atoms with Gasteiger partial charge >= 0.3 is 0 Å². The Balaban J connectivity index is 2.04. The van der Waals surface area contributed by atoms with E-state index >= 15 is 0 Å². The lowest BCUT2D eigenvalue weighted by atomic mass is 9.82. The Labute approximate surface area is 144 Å². The summed E-state index contributed by atoms with van der Waals surface area (Å²) in [6, 6.07) is 8.54. The molecule has 5 nitrogen and oxygen atoms in total. The van der Waals surface area contributed by atoms with Crippen LogP contribution in [0.15, 0.2) is 47.9 Å². The molecule has 1 aliphatic heterocycles. The smallest absolute Gasteiger partial charge is 0.243 e. The molecule has 0 saturated carbocycles. The van der Waals surface area contributed by atoms with E-state index in [1.54, 1.807) is 34.6 Å². The van der Waals surface area contributed by atoms with Gasteiger partial charge in [0.2, 0.25) is 15.9 Å². The molecule has 0 bridgehead atoms. The first-order chi connectivity index (χ1) is 11.5. The van der Waals surface area contributed by atoms with Crippen LogP contribution in [0.25, 0.3) is 0 Å². The highest BCUT2D eigenvalue weighted by Gasteiger charge is 2.35. The van der Waals surface area contributed by atoms with Crippen molar-refractivity contribution in [2.75, 3.05) is 19.6 Å². The molecule has 0 aliphatic carbocycles. The molecule has 0 aromatic heterocycles. The van der Waals surface area contributed by atoms with Gasteiger partial charge in [-0.15, -0.1) is 6.58 Å². The third-order valence-corrected chi connectivity index (χ3v) is 6.53. The van der Waals surface area contributed by atoms with Crippen LogP contribution in [0.3, 0.4) is 0 Å². The van der Waals surface area contributed by atoms with E-state index in [4.69, 9.17) is 0 Å². The maximum Gasteiger partial charge on any atom is 0.243 e. The first-order valence-corrected chi connectivity index (χ1v) is 9.85. The predicted octanol–water partition coefficient (Wildman–Crippen LogP) is 2.42. The van der Waals surface area contributed by atoms with Crippen molar-refractivity contribution in [3.8, 4) is 0 Å². The van der Waals surface area contributed by atoms with Crippen molar-refractivity contribution in [3.63, 3.8) is 0 Å². The molecule has 0 radical (unpaired) electrons. The van der Waals surface area contributed by atoms with E-state index in [-0.39, 0.29) is 17.7 Å². The molecule has 1 saturated heterocycles. The Bertz CT molecular complexity index is 658. The second-order valence-electron chi connectivity index (χ2n) is 6.19. The van der Waals surface area contributed by atoms with Crippen LogP contribution < -0.4 is 5.32 Å². The van der Waals surface area contributed by atoms with Crippen molar-refractivity contribution in [1.29, 1.82) is 0 Å². The van der Waals surface area contributed by atoms with Gasteiger partial charge in [-0.25, -0.2) is 8.42 Å². The lowest BCUT2D eigenvalue weighted by Crippen LogP contribution is -2.44. The van der Waals surface area contributed by atoms with Gasteiger partial charge in [0.1, 0.15) is 0 Å². The number of sulfonamides is 1. The Hall–Kier alpha value is -1.66. The van der Waals surface area contributed by atoms with Crippen molar-refractivity contribution >= 4 is 15.9 Å². The van der Waals surface area contributed by atoms with E-state index in [2.05, 4.69) is 18.8 Å². The molecule has 1 aliphatic rings. The van der Waals surface area contributed by atoms with Crippen molar-refractivity contribution in [2.45, 2.75) is 31.1 Å². The molecule has 1 N–H and O–H groups in total. The summed E-state index contributed by atoms with van der Waals surface area (Å²) in [7, 11) is -3.45. The van der Waals surface area contributed by atoms with E-state index in [0.717, 1.165) is 6.42 Å². The highest BCUT2D eigenvalue weighted by Crippen LogP contribution is 2.31. The third kappa shape index (κ3) is 4.45. The minimum absolute atomic E-state index is 0.0118. The predicted molar refractivity (Wildman–Crippen MR) is 94.9 cm³/mol. The summed E-state index contributed by atoms with van der Waals surface area (Å²) in [5.74, 6) is 0.437. The largest absolute Gasteiger partial charge is 0.353 e. The molecule has 2 rings (SSSR count). The Morgan fingerprint density at radius 3 is 2.67 bits per heavy atom. The standard InChI is InChI=1S/C18H26N2O3S/c1-3-11-19-18(21)13-16-10-12-20(14-15(16)4-2)24(22,23)17-8-6-5-7-9-17/h3,5-9,15-16H,1,4,10-14H2,2H3,(H,19,21). The van der Waals surface area contributed by atoms with E-state index in [1.807, 2.05) is 6.07 Å². The minimum atomic E-state index is -3.45. The average molecular weight is 350 g/mol. The molecule has 1 aromatic rings. The van der Waals surface area contributed by atoms with Crippen molar-refractivity contribution in [3.05, 3.63) is 43.0 Å². The molecule has 24 heavy (non-hydrogen) atoms. The zero-order chi connectivity index (χ0) is 17.6. The summed E-state index contributed by atoms with van der Waals surface area (Å²) in [6.45, 7) is 7.06. The van der Waals surface area contributed by atoms with Crippen LogP contribution in [-0.2, 0) is 14.8 Å². The van der Waals surface area contributed by atoms with E-state index in [1.165, 1.54) is 0 Å².